The van der Waals surface area contributed by atoms with Crippen molar-refractivity contribution in [2.45, 2.75) is 13.3 Å². The molecule has 0 amide bonds. The molecule has 0 saturated carbocycles. The van der Waals surface area contributed by atoms with E-state index in [1.165, 1.54) is 0 Å². The van der Waals surface area contributed by atoms with Gasteiger partial charge in [-0.25, -0.2) is 0 Å². The zero-order valence-corrected chi connectivity index (χ0v) is 5.54. The smallest absolute Gasteiger partial charge is 0.402 e. The van der Waals surface area contributed by atoms with Crippen LogP contribution in [0.3, 0.4) is 0 Å². The van der Waals surface area contributed by atoms with Crippen molar-refractivity contribution in [1.29, 1.82) is 0 Å². The van der Waals surface area contributed by atoms with E-state index < -0.39 is 7.32 Å². The van der Waals surface area contributed by atoms with E-state index in [2.05, 4.69) is 6.92 Å². The SMILES string of the molecule is CC1CCOB(O)OC1. The summed E-state index contributed by atoms with van der Waals surface area (Å²) in [6, 6.07) is 0. The van der Waals surface area contributed by atoms with Crippen molar-refractivity contribution < 1.29 is 14.3 Å². The van der Waals surface area contributed by atoms with Gasteiger partial charge in [-0.2, -0.15) is 0 Å². The van der Waals surface area contributed by atoms with Crippen LogP contribution in [0.1, 0.15) is 13.3 Å². The average Bonchev–Trinajstić information content (AvgIpc) is 1.97. The van der Waals surface area contributed by atoms with Gasteiger partial charge in [0.25, 0.3) is 0 Å². The van der Waals surface area contributed by atoms with Crippen LogP contribution >= 0.6 is 0 Å². The van der Waals surface area contributed by atoms with Crippen molar-refractivity contribution in [2.75, 3.05) is 13.2 Å². The third-order valence-electron chi connectivity index (χ3n) is 1.39. The molecule has 1 aliphatic heterocycles. The molecule has 0 aromatic heterocycles. The Morgan fingerprint density at radius 3 is 3.11 bits per heavy atom. The first-order valence-corrected chi connectivity index (χ1v) is 3.20. The Labute approximate surface area is 55.1 Å². The Hall–Kier alpha value is -0.0551. The Kier molecular flexibility index (Phi) is 2.51. The first kappa shape index (κ1) is 7.06. The fourth-order valence-corrected chi connectivity index (χ4v) is 0.748. The Morgan fingerprint density at radius 2 is 2.33 bits per heavy atom. The summed E-state index contributed by atoms with van der Waals surface area (Å²) in [4.78, 5) is 0. The van der Waals surface area contributed by atoms with E-state index in [0.29, 0.717) is 19.1 Å². The molecule has 9 heavy (non-hydrogen) atoms. The number of hydrogen-bond donors (Lipinski definition) is 1. The lowest BCUT2D eigenvalue weighted by molar-refractivity contribution is 0.156. The summed E-state index contributed by atoms with van der Waals surface area (Å²) < 4.78 is 9.65. The van der Waals surface area contributed by atoms with E-state index >= 15 is 0 Å². The van der Waals surface area contributed by atoms with Crippen LogP contribution in [0.4, 0.5) is 0 Å². The summed E-state index contributed by atoms with van der Waals surface area (Å²) in [5.41, 5.74) is 0. The number of rotatable bonds is 0. The van der Waals surface area contributed by atoms with Gasteiger partial charge in [0.15, 0.2) is 0 Å². The third-order valence-corrected chi connectivity index (χ3v) is 1.39. The number of hydrogen-bond acceptors (Lipinski definition) is 3. The van der Waals surface area contributed by atoms with Gasteiger partial charge in [-0.15, -0.1) is 0 Å². The summed E-state index contributed by atoms with van der Waals surface area (Å²) >= 11 is 0. The molecule has 0 aromatic rings. The highest BCUT2D eigenvalue weighted by molar-refractivity contribution is 6.34. The maximum Gasteiger partial charge on any atom is 0.636 e. The minimum atomic E-state index is -0.991. The Bertz CT molecular complexity index is 78.3. The second kappa shape index (κ2) is 3.20. The standard InChI is InChI=1S/C5H11BO3/c1-5-2-3-8-6(7)9-4-5/h5,7H,2-4H2,1H3. The monoisotopic (exact) mass is 130 g/mol. The molecular formula is C5H11BO3. The zero-order chi connectivity index (χ0) is 6.69. The molecule has 4 heteroatoms. The molecule has 1 heterocycles. The summed E-state index contributed by atoms with van der Waals surface area (Å²) in [5, 5.41) is 8.76. The molecule has 0 aromatic carbocycles. The van der Waals surface area contributed by atoms with Gasteiger partial charge in [-0.3, -0.25) is 0 Å². The molecule has 1 unspecified atom stereocenters. The lowest BCUT2D eigenvalue weighted by Crippen LogP contribution is -2.21. The van der Waals surface area contributed by atoms with E-state index in [1.54, 1.807) is 0 Å². The van der Waals surface area contributed by atoms with Crippen molar-refractivity contribution >= 4 is 7.32 Å². The minimum absolute atomic E-state index is 0.502. The van der Waals surface area contributed by atoms with Gasteiger partial charge in [-0.05, 0) is 12.3 Å². The third kappa shape index (κ3) is 2.34. The summed E-state index contributed by atoms with van der Waals surface area (Å²) in [6.07, 6.45) is 0.969. The molecule has 0 radical (unpaired) electrons. The molecule has 0 spiro atoms. The quantitative estimate of drug-likeness (QED) is 0.470. The van der Waals surface area contributed by atoms with E-state index in [0.717, 1.165) is 6.42 Å². The zero-order valence-electron chi connectivity index (χ0n) is 5.54. The van der Waals surface area contributed by atoms with Crippen molar-refractivity contribution in [3.8, 4) is 0 Å². The van der Waals surface area contributed by atoms with Crippen LogP contribution in [-0.2, 0) is 9.31 Å². The summed E-state index contributed by atoms with van der Waals surface area (Å²) in [7, 11) is -0.991. The van der Waals surface area contributed by atoms with E-state index in [9.17, 15) is 0 Å². The van der Waals surface area contributed by atoms with E-state index in [4.69, 9.17) is 14.3 Å². The fraction of sp³-hybridized carbons (Fsp3) is 1.00. The maximum absolute atomic E-state index is 8.76. The highest BCUT2D eigenvalue weighted by Gasteiger charge is 2.20. The van der Waals surface area contributed by atoms with Gasteiger partial charge < -0.3 is 14.3 Å². The molecule has 1 rings (SSSR count). The molecule has 0 bridgehead atoms. The predicted octanol–water partition coefficient (Wildman–Crippen LogP) is 0.0366. The normalized spacial score (nSPS) is 30.0. The van der Waals surface area contributed by atoms with Crippen LogP contribution in [0.15, 0.2) is 0 Å². The molecule has 1 fully saturated rings. The van der Waals surface area contributed by atoms with Crippen LogP contribution in [0.5, 0.6) is 0 Å². The van der Waals surface area contributed by atoms with Gasteiger partial charge in [0, 0.05) is 13.2 Å². The molecule has 52 valence electrons. The molecular weight excluding hydrogens is 119 g/mol. The van der Waals surface area contributed by atoms with E-state index in [-0.39, 0.29) is 0 Å². The van der Waals surface area contributed by atoms with Crippen LogP contribution < -0.4 is 0 Å². The maximum atomic E-state index is 8.76. The highest BCUT2D eigenvalue weighted by Crippen LogP contribution is 2.07. The van der Waals surface area contributed by atoms with Crippen LogP contribution in [0, 0.1) is 5.92 Å². The van der Waals surface area contributed by atoms with Crippen molar-refractivity contribution in [3.05, 3.63) is 0 Å². The Morgan fingerprint density at radius 1 is 1.56 bits per heavy atom. The Balaban J connectivity index is 2.25. The first-order valence-electron chi connectivity index (χ1n) is 3.20. The molecule has 1 N–H and O–H groups in total. The van der Waals surface area contributed by atoms with Gasteiger partial charge >= 0.3 is 7.32 Å². The first-order chi connectivity index (χ1) is 4.29. The highest BCUT2D eigenvalue weighted by atomic mass is 16.7. The van der Waals surface area contributed by atoms with Gasteiger partial charge in [0.2, 0.25) is 0 Å². The lowest BCUT2D eigenvalue weighted by Gasteiger charge is -2.03. The average molecular weight is 130 g/mol. The summed E-state index contributed by atoms with van der Waals surface area (Å²) in [6.45, 7) is 3.27. The lowest BCUT2D eigenvalue weighted by atomic mass is 10.1. The topological polar surface area (TPSA) is 38.7 Å². The van der Waals surface area contributed by atoms with Crippen molar-refractivity contribution in [2.24, 2.45) is 5.92 Å². The van der Waals surface area contributed by atoms with E-state index in [1.807, 2.05) is 0 Å². The molecule has 3 nitrogen and oxygen atoms in total. The second-order valence-electron chi connectivity index (χ2n) is 2.41. The van der Waals surface area contributed by atoms with Crippen LogP contribution in [-0.4, -0.2) is 25.6 Å². The van der Waals surface area contributed by atoms with Gasteiger partial charge in [-0.1, -0.05) is 6.92 Å². The van der Waals surface area contributed by atoms with Crippen LogP contribution in [0.25, 0.3) is 0 Å². The molecule has 1 aliphatic rings. The minimum Gasteiger partial charge on any atom is -0.402 e. The van der Waals surface area contributed by atoms with Crippen molar-refractivity contribution in [3.63, 3.8) is 0 Å². The second-order valence-corrected chi connectivity index (χ2v) is 2.41. The fourth-order valence-electron chi connectivity index (χ4n) is 0.748. The molecule has 1 atom stereocenters. The van der Waals surface area contributed by atoms with Crippen LogP contribution in [0.2, 0.25) is 0 Å². The van der Waals surface area contributed by atoms with Gasteiger partial charge in [0.05, 0.1) is 0 Å². The summed E-state index contributed by atoms with van der Waals surface area (Å²) in [5.74, 6) is 0.502. The largest absolute Gasteiger partial charge is 0.636 e. The van der Waals surface area contributed by atoms with Gasteiger partial charge in [0.1, 0.15) is 0 Å². The predicted molar refractivity (Wildman–Crippen MR) is 33.7 cm³/mol. The molecule has 0 aliphatic carbocycles. The molecule has 1 saturated heterocycles. The van der Waals surface area contributed by atoms with Crippen molar-refractivity contribution in [1.82, 2.24) is 0 Å².